The Kier molecular flexibility index (Phi) is 5.17. The van der Waals surface area contributed by atoms with E-state index in [-0.39, 0.29) is 11.8 Å². The standard InChI is InChI=1S/C9H20O5Si/c1-5-9(14-7-8-6-13-8)15(10-2,11-3)12-4/h8-9H,5-7H2,1-4H3/t8-,9?/m1/s1. The molecule has 0 N–H and O–H groups in total. The molecule has 1 aliphatic heterocycles. The highest BCUT2D eigenvalue weighted by molar-refractivity contribution is 6.62. The van der Waals surface area contributed by atoms with E-state index in [1.54, 1.807) is 21.3 Å². The Labute approximate surface area is 92.0 Å². The van der Waals surface area contributed by atoms with Crippen LogP contribution in [0.15, 0.2) is 0 Å². The summed E-state index contributed by atoms with van der Waals surface area (Å²) in [6.45, 7) is 3.40. The summed E-state index contributed by atoms with van der Waals surface area (Å²) in [6, 6.07) is 0. The molecule has 1 unspecified atom stereocenters. The molecule has 15 heavy (non-hydrogen) atoms. The van der Waals surface area contributed by atoms with Gasteiger partial charge in [0.05, 0.1) is 13.2 Å². The molecular formula is C9H20O5Si. The van der Waals surface area contributed by atoms with E-state index in [0.717, 1.165) is 13.0 Å². The smallest absolute Gasteiger partial charge is 0.375 e. The minimum Gasteiger partial charge on any atom is -0.375 e. The summed E-state index contributed by atoms with van der Waals surface area (Å²) in [5, 5.41) is 0. The molecule has 2 atom stereocenters. The third-order valence-electron chi connectivity index (χ3n) is 2.50. The van der Waals surface area contributed by atoms with E-state index < -0.39 is 8.80 Å². The zero-order valence-corrected chi connectivity index (χ0v) is 10.8. The molecule has 0 aliphatic carbocycles. The Hall–Kier alpha value is 0.0169. The lowest BCUT2D eigenvalue weighted by atomic mass is 10.5. The van der Waals surface area contributed by atoms with E-state index in [0.29, 0.717) is 6.61 Å². The Bertz CT molecular complexity index is 173. The minimum atomic E-state index is -2.66. The molecule has 1 heterocycles. The van der Waals surface area contributed by atoms with Crippen molar-refractivity contribution in [1.29, 1.82) is 0 Å². The number of ether oxygens (including phenoxy) is 2. The molecule has 0 spiro atoms. The normalized spacial score (nSPS) is 22.8. The predicted octanol–water partition coefficient (Wildman–Crippen LogP) is 0.598. The van der Waals surface area contributed by atoms with Crippen LogP contribution in [0.2, 0.25) is 0 Å². The van der Waals surface area contributed by atoms with Crippen LogP contribution >= 0.6 is 0 Å². The van der Waals surface area contributed by atoms with Gasteiger partial charge in [-0.05, 0) is 6.42 Å². The highest BCUT2D eigenvalue weighted by Crippen LogP contribution is 2.20. The molecule has 0 amide bonds. The summed E-state index contributed by atoms with van der Waals surface area (Å²) in [5.74, 6) is 0. The molecule has 6 heteroatoms. The van der Waals surface area contributed by atoms with Crippen molar-refractivity contribution in [3.63, 3.8) is 0 Å². The zero-order chi connectivity index (χ0) is 11.3. The van der Waals surface area contributed by atoms with Gasteiger partial charge < -0.3 is 22.8 Å². The highest BCUT2D eigenvalue weighted by atomic mass is 28.4. The fourth-order valence-corrected chi connectivity index (χ4v) is 3.59. The molecule has 1 rings (SSSR count). The first-order valence-corrected chi connectivity index (χ1v) is 6.91. The first-order chi connectivity index (χ1) is 7.22. The van der Waals surface area contributed by atoms with Crippen LogP contribution in [0.3, 0.4) is 0 Å². The summed E-state index contributed by atoms with van der Waals surface area (Å²) in [6.07, 6.45) is 1.05. The lowest BCUT2D eigenvalue weighted by Crippen LogP contribution is -2.55. The van der Waals surface area contributed by atoms with E-state index in [4.69, 9.17) is 22.8 Å². The molecule has 5 nitrogen and oxygen atoms in total. The molecule has 0 aromatic heterocycles. The maximum Gasteiger partial charge on any atom is 0.530 e. The predicted molar refractivity (Wildman–Crippen MR) is 56.6 cm³/mol. The molecule has 0 radical (unpaired) electrons. The number of epoxide rings is 1. The lowest BCUT2D eigenvalue weighted by molar-refractivity contribution is 0.00651. The van der Waals surface area contributed by atoms with Gasteiger partial charge in [0, 0.05) is 21.3 Å². The highest BCUT2D eigenvalue weighted by Gasteiger charge is 2.48. The van der Waals surface area contributed by atoms with Crippen LogP contribution < -0.4 is 0 Å². The monoisotopic (exact) mass is 236 g/mol. The van der Waals surface area contributed by atoms with Crippen molar-refractivity contribution in [2.75, 3.05) is 34.5 Å². The quantitative estimate of drug-likeness (QED) is 0.456. The van der Waals surface area contributed by atoms with E-state index in [1.165, 1.54) is 0 Å². The van der Waals surface area contributed by atoms with Crippen LogP contribution in [0.1, 0.15) is 13.3 Å². The molecule has 0 saturated carbocycles. The molecule has 90 valence electrons. The van der Waals surface area contributed by atoms with Gasteiger partial charge in [-0.3, -0.25) is 0 Å². The van der Waals surface area contributed by atoms with Gasteiger partial charge in [0.15, 0.2) is 0 Å². The average Bonchev–Trinajstić information content (AvgIpc) is 3.09. The van der Waals surface area contributed by atoms with Gasteiger partial charge in [0.25, 0.3) is 0 Å². The first kappa shape index (κ1) is 13.1. The van der Waals surface area contributed by atoms with Crippen LogP contribution in [-0.2, 0) is 22.8 Å². The van der Waals surface area contributed by atoms with E-state index in [2.05, 4.69) is 0 Å². The van der Waals surface area contributed by atoms with Gasteiger partial charge in [-0.1, -0.05) is 6.92 Å². The largest absolute Gasteiger partial charge is 0.530 e. The van der Waals surface area contributed by atoms with Gasteiger partial charge >= 0.3 is 8.80 Å². The molecule has 1 aliphatic rings. The average molecular weight is 236 g/mol. The molecular weight excluding hydrogens is 216 g/mol. The van der Waals surface area contributed by atoms with Crippen molar-refractivity contribution < 1.29 is 22.8 Å². The van der Waals surface area contributed by atoms with Gasteiger partial charge in [0.1, 0.15) is 11.8 Å². The summed E-state index contributed by atoms with van der Waals surface area (Å²) >= 11 is 0. The zero-order valence-electron chi connectivity index (χ0n) is 9.82. The molecule has 1 fully saturated rings. The fourth-order valence-electron chi connectivity index (χ4n) is 1.50. The molecule has 0 aromatic rings. The van der Waals surface area contributed by atoms with E-state index >= 15 is 0 Å². The van der Waals surface area contributed by atoms with E-state index in [1.807, 2.05) is 6.92 Å². The summed E-state index contributed by atoms with van der Waals surface area (Å²) < 4.78 is 26.9. The molecule has 0 aromatic carbocycles. The SMILES string of the molecule is CCC(OC[C@H]1CO1)[Si](OC)(OC)OC. The summed E-state index contributed by atoms with van der Waals surface area (Å²) in [4.78, 5) is 0. The minimum absolute atomic E-state index is 0.123. The summed E-state index contributed by atoms with van der Waals surface area (Å²) in [7, 11) is 2.12. The Balaban J connectivity index is 2.50. The Morgan fingerprint density at radius 3 is 2.13 bits per heavy atom. The maximum atomic E-state index is 5.72. The second-order valence-electron chi connectivity index (χ2n) is 3.40. The van der Waals surface area contributed by atoms with Crippen LogP contribution in [-0.4, -0.2) is 55.2 Å². The second kappa shape index (κ2) is 5.93. The summed E-state index contributed by atoms with van der Waals surface area (Å²) in [5.41, 5.74) is -0.123. The fraction of sp³-hybridized carbons (Fsp3) is 1.00. The molecule has 1 saturated heterocycles. The maximum absolute atomic E-state index is 5.72. The van der Waals surface area contributed by atoms with E-state index in [9.17, 15) is 0 Å². The third-order valence-corrected chi connectivity index (χ3v) is 5.58. The number of hydrogen-bond donors (Lipinski definition) is 0. The van der Waals surface area contributed by atoms with Crippen molar-refractivity contribution in [2.24, 2.45) is 0 Å². The van der Waals surface area contributed by atoms with Crippen LogP contribution in [0.25, 0.3) is 0 Å². The molecule has 0 bridgehead atoms. The van der Waals surface area contributed by atoms with Crippen LogP contribution in [0, 0.1) is 0 Å². The van der Waals surface area contributed by atoms with Crippen molar-refractivity contribution in [2.45, 2.75) is 25.2 Å². The van der Waals surface area contributed by atoms with Gasteiger partial charge in [-0.15, -0.1) is 0 Å². The van der Waals surface area contributed by atoms with Crippen molar-refractivity contribution in [3.8, 4) is 0 Å². The lowest BCUT2D eigenvalue weighted by Gasteiger charge is -2.31. The number of rotatable bonds is 8. The van der Waals surface area contributed by atoms with Gasteiger partial charge in [0.2, 0.25) is 0 Å². The Morgan fingerprint density at radius 2 is 1.80 bits per heavy atom. The van der Waals surface area contributed by atoms with Gasteiger partial charge in [-0.25, -0.2) is 0 Å². The topological polar surface area (TPSA) is 49.5 Å². The first-order valence-electron chi connectivity index (χ1n) is 5.11. The van der Waals surface area contributed by atoms with Crippen molar-refractivity contribution in [1.82, 2.24) is 0 Å². The van der Waals surface area contributed by atoms with Crippen molar-refractivity contribution in [3.05, 3.63) is 0 Å². The van der Waals surface area contributed by atoms with Gasteiger partial charge in [-0.2, -0.15) is 0 Å². The second-order valence-corrected chi connectivity index (χ2v) is 6.48. The number of hydrogen-bond acceptors (Lipinski definition) is 5. The van der Waals surface area contributed by atoms with Crippen LogP contribution in [0.5, 0.6) is 0 Å². The van der Waals surface area contributed by atoms with Crippen LogP contribution in [0.4, 0.5) is 0 Å². The van der Waals surface area contributed by atoms with Crippen molar-refractivity contribution >= 4 is 8.80 Å². The Morgan fingerprint density at radius 1 is 1.27 bits per heavy atom. The third kappa shape index (κ3) is 3.23.